The second kappa shape index (κ2) is 6.54. The van der Waals surface area contributed by atoms with Crippen LogP contribution in [0.1, 0.15) is 15.2 Å². The largest absolute Gasteiger partial charge is 0.372 e. The third-order valence-corrected chi connectivity index (χ3v) is 3.80. The standard InChI is InChI=1S/C13H14ClN3OS/c1-15-12-11(14)7-9(8-17-12)13(18)16-5-4-10-3-2-6-19-10/h2-3,6-8H,4-5H2,1H3,(H,15,17)(H,16,18). The number of anilines is 1. The van der Waals surface area contributed by atoms with Gasteiger partial charge >= 0.3 is 0 Å². The fourth-order valence-corrected chi connectivity index (χ4v) is 2.57. The molecule has 0 saturated heterocycles. The molecule has 0 bridgehead atoms. The number of hydrogen-bond donors (Lipinski definition) is 2. The van der Waals surface area contributed by atoms with Gasteiger partial charge in [-0.3, -0.25) is 4.79 Å². The molecule has 0 aliphatic heterocycles. The third kappa shape index (κ3) is 3.68. The molecule has 2 aromatic heterocycles. The average molecular weight is 296 g/mol. The summed E-state index contributed by atoms with van der Waals surface area (Å²) in [7, 11) is 1.73. The van der Waals surface area contributed by atoms with Crippen LogP contribution in [-0.4, -0.2) is 24.5 Å². The lowest BCUT2D eigenvalue weighted by molar-refractivity contribution is 0.0954. The zero-order valence-corrected chi connectivity index (χ0v) is 12.0. The molecule has 0 spiro atoms. The van der Waals surface area contributed by atoms with Gasteiger partial charge in [0.15, 0.2) is 0 Å². The van der Waals surface area contributed by atoms with E-state index in [0.717, 1.165) is 6.42 Å². The Balaban J connectivity index is 1.91. The summed E-state index contributed by atoms with van der Waals surface area (Å²) in [5.41, 5.74) is 0.468. The number of hydrogen-bond acceptors (Lipinski definition) is 4. The van der Waals surface area contributed by atoms with Gasteiger partial charge in [-0.05, 0) is 23.9 Å². The van der Waals surface area contributed by atoms with Crippen LogP contribution < -0.4 is 10.6 Å². The van der Waals surface area contributed by atoms with E-state index in [4.69, 9.17) is 11.6 Å². The van der Waals surface area contributed by atoms with Gasteiger partial charge in [0, 0.05) is 24.7 Å². The third-order valence-electron chi connectivity index (χ3n) is 2.58. The van der Waals surface area contributed by atoms with E-state index in [2.05, 4.69) is 21.7 Å². The molecule has 6 heteroatoms. The van der Waals surface area contributed by atoms with Crippen molar-refractivity contribution in [2.45, 2.75) is 6.42 Å². The average Bonchev–Trinajstić information content (AvgIpc) is 2.91. The molecular formula is C13H14ClN3OS. The van der Waals surface area contributed by atoms with Gasteiger partial charge in [0.05, 0.1) is 10.6 Å². The Kier molecular flexibility index (Phi) is 4.76. The fourth-order valence-electron chi connectivity index (χ4n) is 1.60. The summed E-state index contributed by atoms with van der Waals surface area (Å²) in [5, 5.41) is 8.16. The van der Waals surface area contributed by atoms with Crippen molar-refractivity contribution < 1.29 is 4.79 Å². The molecule has 0 aliphatic rings. The summed E-state index contributed by atoms with van der Waals surface area (Å²) in [6, 6.07) is 5.67. The molecule has 4 nitrogen and oxygen atoms in total. The van der Waals surface area contributed by atoms with Gasteiger partial charge in [0.25, 0.3) is 5.91 Å². The molecule has 2 heterocycles. The van der Waals surface area contributed by atoms with E-state index >= 15 is 0 Å². The number of nitrogens with zero attached hydrogens (tertiary/aromatic N) is 1. The van der Waals surface area contributed by atoms with Crippen LogP contribution in [0.2, 0.25) is 5.02 Å². The summed E-state index contributed by atoms with van der Waals surface area (Å²) >= 11 is 7.67. The first-order chi connectivity index (χ1) is 9.20. The van der Waals surface area contributed by atoms with Crippen molar-refractivity contribution in [3.63, 3.8) is 0 Å². The van der Waals surface area contributed by atoms with Crippen LogP contribution in [0.25, 0.3) is 0 Å². The molecule has 0 aliphatic carbocycles. The van der Waals surface area contributed by atoms with Crippen LogP contribution in [0, 0.1) is 0 Å². The van der Waals surface area contributed by atoms with E-state index < -0.39 is 0 Å². The quantitative estimate of drug-likeness (QED) is 0.892. The second-order valence-corrected chi connectivity index (χ2v) is 5.33. The maximum absolute atomic E-state index is 11.9. The van der Waals surface area contributed by atoms with Crippen LogP contribution in [0.5, 0.6) is 0 Å². The molecular weight excluding hydrogens is 282 g/mol. The van der Waals surface area contributed by atoms with E-state index in [1.807, 2.05) is 11.4 Å². The van der Waals surface area contributed by atoms with E-state index in [1.54, 1.807) is 24.5 Å². The van der Waals surface area contributed by atoms with Crippen LogP contribution in [0.15, 0.2) is 29.8 Å². The second-order valence-electron chi connectivity index (χ2n) is 3.89. The fraction of sp³-hybridized carbons (Fsp3) is 0.231. The van der Waals surface area contributed by atoms with Crippen molar-refractivity contribution in [2.24, 2.45) is 0 Å². The van der Waals surface area contributed by atoms with E-state index in [1.165, 1.54) is 11.1 Å². The summed E-state index contributed by atoms with van der Waals surface area (Å²) in [4.78, 5) is 17.2. The molecule has 2 rings (SSSR count). The topological polar surface area (TPSA) is 54.0 Å². The molecule has 2 aromatic rings. The van der Waals surface area contributed by atoms with Gasteiger partial charge in [-0.25, -0.2) is 4.98 Å². The minimum absolute atomic E-state index is 0.159. The highest BCUT2D eigenvalue weighted by Crippen LogP contribution is 2.19. The highest BCUT2D eigenvalue weighted by atomic mass is 35.5. The molecule has 19 heavy (non-hydrogen) atoms. The minimum atomic E-state index is -0.159. The number of rotatable bonds is 5. The van der Waals surface area contributed by atoms with Crippen molar-refractivity contribution in [1.29, 1.82) is 0 Å². The molecule has 0 aromatic carbocycles. The van der Waals surface area contributed by atoms with Crippen molar-refractivity contribution in [1.82, 2.24) is 10.3 Å². The Labute approximate surface area is 120 Å². The number of pyridine rings is 1. The van der Waals surface area contributed by atoms with E-state index in [0.29, 0.717) is 22.9 Å². The van der Waals surface area contributed by atoms with Gasteiger partial charge in [0.1, 0.15) is 5.82 Å². The molecule has 100 valence electrons. The molecule has 0 radical (unpaired) electrons. The highest BCUT2D eigenvalue weighted by molar-refractivity contribution is 7.09. The molecule has 0 atom stereocenters. The van der Waals surface area contributed by atoms with Crippen molar-refractivity contribution >= 4 is 34.7 Å². The summed E-state index contributed by atoms with van der Waals surface area (Å²) < 4.78 is 0. The molecule has 0 unspecified atom stereocenters. The van der Waals surface area contributed by atoms with Gasteiger partial charge < -0.3 is 10.6 Å². The van der Waals surface area contributed by atoms with Crippen LogP contribution >= 0.6 is 22.9 Å². The molecule has 2 N–H and O–H groups in total. The van der Waals surface area contributed by atoms with E-state index in [-0.39, 0.29) is 5.91 Å². The van der Waals surface area contributed by atoms with Gasteiger partial charge in [-0.1, -0.05) is 17.7 Å². The van der Waals surface area contributed by atoms with Crippen LogP contribution in [0.4, 0.5) is 5.82 Å². The number of amides is 1. The first-order valence-corrected chi connectivity index (χ1v) is 7.10. The summed E-state index contributed by atoms with van der Waals surface area (Å²) in [5.74, 6) is 0.408. The van der Waals surface area contributed by atoms with Gasteiger partial charge in [-0.2, -0.15) is 0 Å². The first-order valence-electron chi connectivity index (χ1n) is 5.84. The lowest BCUT2D eigenvalue weighted by atomic mass is 10.2. The van der Waals surface area contributed by atoms with Gasteiger partial charge in [0.2, 0.25) is 0 Å². The Morgan fingerprint density at radius 2 is 2.37 bits per heavy atom. The number of aromatic nitrogens is 1. The van der Waals surface area contributed by atoms with Crippen molar-refractivity contribution in [2.75, 3.05) is 18.9 Å². The zero-order valence-electron chi connectivity index (χ0n) is 10.4. The maximum Gasteiger partial charge on any atom is 0.252 e. The van der Waals surface area contributed by atoms with Crippen molar-refractivity contribution in [3.8, 4) is 0 Å². The normalized spacial score (nSPS) is 10.2. The number of carbonyl (C=O) groups is 1. The Morgan fingerprint density at radius 1 is 1.53 bits per heavy atom. The SMILES string of the molecule is CNc1ncc(C(=O)NCCc2cccs2)cc1Cl. The Morgan fingerprint density at radius 3 is 3.00 bits per heavy atom. The first kappa shape index (κ1) is 13.8. The smallest absolute Gasteiger partial charge is 0.252 e. The molecule has 0 saturated carbocycles. The van der Waals surface area contributed by atoms with Crippen LogP contribution in [-0.2, 0) is 6.42 Å². The van der Waals surface area contributed by atoms with E-state index in [9.17, 15) is 4.79 Å². The monoisotopic (exact) mass is 295 g/mol. The lowest BCUT2D eigenvalue weighted by Crippen LogP contribution is -2.25. The molecule has 0 fully saturated rings. The lowest BCUT2D eigenvalue weighted by Gasteiger charge is -2.06. The Hall–Kier alpha value is -1.59. The number of carbonyl (C=O) groups excluding carboxylic acids is 1. The zero-order chi connectivity index (χ0) is 13.7. The minimum Gasteiger partial charge on any atom is -0.372 e. The maximum atomic E-state index is 11.9. The molecule has 1 amide bonds. The van der Waals surface area contributed by atoms with Gasteiger partial charge in [-0.15, -0.1) is 11.3 Å². The highest BCUT2D eigenvalue weighted by Gasteiger charge is 2.08. The summed E-state index contributed by atoms with van der Waals surface area (Å²) in [6.07, 6.45) is 2.34. The Bertz CT molecular complexity index is 557. The summed E-state index contributed by atoms with van der Waals surface area (Å²) in [6.45, 7) is 0.602. The predicted octanol–water partition coefficient (Wildman–Crippen LogP) is 2.81. The number of nitrogens with one attached hydrogen (secondary N) is 2. The number of halogens is 1. The van der Waals surface area contributed by atoms with Crippen molar-refractivity contribution in [3.05, 3.63) is 45.2 Å². The number of thiophene rings is 1. The van der Waals surface area contributed by atoms with Crippen LogP contribution in [0.3, 0.4) is 0 Å². The predicted molar refractivity (Wildman–Crippen MR) is 79.1 cm³/mol.